The summed E-state index contributed by atoms with van der Waals surface area (Å²) in [6.45, 7) is 0.579. The van der Waals surface area contributed by atoms with Crippen LogP contribution in [-0.2, 0) is 32.3 Å². The van der Waals surface area contributed by atoms with Crippen LogP contribution >= 0.6 is 34.8 Å². The Labute approximate surface area is 253 Å². The molecule has 0 saturated heterocycles. The molecule has 41 heavy (non-hydrogen) atoms. The van der Waals surface area contributed by atoms with Crippen LogP contribution in [0.1, 0.15) is 56.6 Å². The quantitative estimate of drug-likeness (QED) is 0.309. The maximum Gasteiger partial charge on any atom is 0.417 e. The summed E-state index contributed by atoms with van der Waals surface area (Å²) in [7, 11) is -4.26. The molecule has 1 saturated carbocycles. The van der Waals surface area contributed by atoms with Crippen LogP contribution in [0.2, 0.25) is 15.1 Å². The van der Waals surface area contributed by atoms with Crippen LogP contribution in [0.3, 0.4) is 0 Å². The number of alkyl halides is 3. The monoisotopic (exact) mass is 655 g/mol. The smallest absolute Gasteiger partial charge is 0.352 e. The van der Waals surface area contributed by atoms with Gasteiger partial charge in [0.25, 0.3) is 0 Å². The Morgan fingerprint density at radius 1 is 1.02 bits per heavy atom. The number of hydrogen-bond acceptors (Lipinski definition) is 4. The van der Waals surface area contributed by atoms with Gasteiger partial charge in [-0.15, -0.1) is 0 Å². The Bertz CT molecular complexity index is 1350. The van der Waals surface area contributed by atoms with Crippen molar-refractivity contribution in [3.8, 4) is 0 Å². The van der Waals surface area contributed by atoms with E-state index >= 15 is 0 Å². The lowest BCUT2D eigenvalue weighted by Crippen LogP contribution is -2.54. The number of sulfonamides is 1. The maximum atomic E-state index is 13.9. The fourth-order valence-corrected chi connectivity index (χ4v) is 6.40. The summed E-state index contributed by atoms with van der Waals surface area (Å²) in [5.74, 6) is -1.26. The summed E-state index contributed by atoms with van der Waals surface area (Å²) in [5, 5.41) is 2.83. The lowest BCUT2D eigenvalue weighted by molar-refractivity contribution is -0.140. The molecule has 1 N–H and O–H groups in total. The van der Waals surface area contributed by atoms with E-state index in [1.165, 1.54) is 4.90 Å². The molecular weight excluding hydrogens is 626 g/mol. The molecule has 0 radical (unpaired) electrons. The van der Waals surface area contributed by atoms with Gasteiger partial charge in [-0.3, -0.25) is 13.9 Å². The summed E-state index contributed by atoms with van der Waals surface area (Å²) in [5.41, 5.74) is -1.33. The topological polar surface area (TPSA) is 86.8 Å². The van der Waals surface area contributed by atoms with Crippen molar-refractivity contribution in [3.63, 3.8) is 0 Å². The predicted molar refractivity (Wildman–Crippen MR) is 155 cm³/mol. The molecule has 0 bridgehead atoms. The number of nitrogens with one attached hydrogen (secondary N) is 1. The molecule has 7 nitrogen and oxygen atoms in total. The molecule has 2 amide bonds. The van der Waals surface area contributed by atoms with Gasteiger partial charge in [-0.1, -0.05) is 67.1 Å². The summed E-state index contributed by atoms with van der Waals surface area (Å²) in [4.78, 5) is 28.5. The van der Waals surface area contributed by atoms with Crippen molar-refractivity contribution in [1.29, 1.82) is 0 Å². The Morgan fingerprint density at radius 2 is 1.63 bits per heavy atom. The van der Waals surface area contributed by atoms with E-state index in [0.717, 1.165) is 50.5 Å². The highest BCUT2D eigenvalue weighted by molar-refractivity contribution is 7.92. The zero-order valence-electron chi connectivity index (χ0n) is 22.5. The van der Waals surface area contributed by atoms with E-state index in [9.17, 15) is 31.2 Å². The summed E-state index contributed by atoms with van der Waals surface area (Å²) < 4.78 is 66.7. The van der Waals surface area contributed by atoms with E-state index in [1.807, 2.05) is 0 Å². The third-order valence-electron chi connectivity index (χ3n) is 6.95. The first-order chi connectivity index (χ1) is 19.1. The molecule has 14 heteroatoms. The van der Waals surface area contributed by atoms with E-state index in [1.54, 1.807) is 25.1 Å². The van der Waals surface area contributed by atoms with Crippen molar-refractivity contribution in [2.24, 2.45) is 0 Å². The van der Waals surface area contributed by atoms with Gasteiger partial charge < -0.3 is 10.2 Å². The fourth-order valence-electron chi connectivity index (χ4n) is 4.82. The molecular formula is C27H31Cl3F3N3O4S. The number of amides is 2. The van der Waals surface area contributed by atoms with Crippen molar-refractivity contribution in [1.82, 2.24) is 10.2 Å². The van der Waals surface area contributed by atoms with Crippen molar-refractivity contribution >= 4 is 62.3 Å². The van der Waals surface area contributed by atoms with Crippen LogP contribution in [0.15, 0.2) is 36.4 Å². The summed E-state index contributed by atoms with van der Waals surface area (Å²) in [6, 6.07) is 6.19. The third kappa shape index (κ3) is 8.65. The zero-order valence-corrected chi connectivity index (χ0v) is 25.6. The molecule has 1 atom stereocenters. The third-order valence-corrected chi connectivity index (χ3v) is 9.13. The predicted octanol–water partition coefficient (Wildman–Crippen LogP) is 6.69. The van der Waals surface area contributed by atoms with Crippen LogP contribution < -0.4 is 9.62 Å². The average Bonchev–Trinajstić information content (AvgIpc) is 2.88. The average molecular weight is 657 g/mol. The number of carbonyl (C=O) groups is 2. The normalized spacial score (nSPS) is 15.3. The van der Waals surface area contributed by atoms with E-state index in [-0.39, 0.29) is 29.1 Å². The van der Waals surface area contributed by atoms with Crippen LogP contribution in [0, 0.1) is 0 Å². The van der Waals surface area contributed by atoms with Gasteiger partial charge in [0.1, 0.15) is 12.6 Å². The highest BCUT2D eigenvalue weighted by Crippen LogP contribution is 2.37. The van der Waals surface area contributed by atoms with Crippen molar-refractivity contribution in [2.75, 3.05) is 17.1 Å². The Balaban J connectivity index is 2.01. The second kappa shape index (κ2) is 13.8. The Hall–Kier alpha value is -2.21. The second-order valence-corrected chi connectivity index (χ2v) is 13.0. The van der Waals surface area contributed by atoms with Crippen molar-refractivity contribution in [3.05, 3.63) is 62.6 Å². The molecule has 0 spiro atoms. The SMILES string of the molecule is CC[C@@H](C(=O)NC1CCCCC1)N(Cc1c(Cl)cccc1Cl)C(=O)CN(c1ccc(Cl)c(C(F)(F)F)c1)S(C)(=O)=O. The molecule has 1 fully saturated rings. The number of anilines is 1. The molecule has 0 aliphatic heterocycles. The summed E-state index contributed by atoms with van der Waals surface area (Å²) in [6.07, 6.45) is 0.667. The number of benzene rings is 2. The van der Waals surface area contributed by atoms with Crippen molar-refractivity contribution in [2.45, 2.75) is 70.3 Å². The Morgan fingerprint density at radius 3 is 2.17 bits per heavy atom. The standard InChI is InChI=1S/C27H31Cl3F3N3O4S/c1-3-24(26(38)34-17-8-5-4-6-9-17)35(15-19-21(28)10-7-11-22(19)29)25(37)16-36(41(2,39)40)18-12-13-23(30)20(14-18)27(31,32)33/h7,10-14,17,24H,3-6,8-9,15-16H2,1-2H3,(H,34,38)/t24-/m0/s1. The highest BCUT2D eigenvalue weighted by atomic mass is 35.5. The largest absolute Gasteiger partial charge is 0.417 e. The van der Waals surface area contributed by atoms with Gasteiger partial charge in [0.2, 0.25) is 21.8 Å². The molecule has 226 valence electrons. The molecule has 1 aliphatic rings. The molecule has 0 aromatic heterocycles. The van der Waals surface area contributed by atoms with Gasteiger partial charge in [-0.2, -0.15) is 13.2 Å². The van der Waals surface area contributed by atoms with Crippen LogP contribution in [0.5, 0.6) is 0 Å². The molecule has 0 heterocycles. The number of halogens is 6. The van der Waals surface area contributed by atoms with Crippen LogP contribution in [0.4, 0.5) is 18.9 Å². The summed E-state index contributed by atoms with van der Waals surface area (Å²) >= 11 is 18.4. The molecule has 1 aliphatic carbocycles. The first-order valence-electron chi connectivity index (χ1n) is 13.0. The van der Waals surface area contributed by atoms with E-state index in [2.05, 4.69) is 5.32 Å². The minimum Gasteiger partial charge on any atom is -0.352 e. The fraction of sp³-hybridized carbons (Fsp3) is 0.481. The lowest BCUT2D eigenvalue weighted by atomic mass is 9.95. The number of carbonyl (C=O) groups excluding carboxylic acids is 2. The molecule has 2 aromatic carbocycles. The van der Waals surface area contributed by atoms with Crippen LogP contribution in [-0.4, -0.2) is 50.0 Å². The van der Waals surface area contributed by atoms with Gasteiger partial charge in [0.15, 0.2) is 0 Å². The van der Waals surface area contributed by atoms with Gasteiger partial charge in [0.05, 0.1) is 22.5 Å². The van der Waals surface area contributed by atoms with Crippen LogP contribution in [0.25, 0.3) is 0 Å². The number of hydrogen-bond donors (Lipinski definition) is 1. The van der Waals surface area contributed by atoms with E-state index in [0.29, 0.717) is 15.9 Å². The van der Waals surface area contributed by atoms with Gasteiger partial charge in [0, 0.05) is 28.2 Å². The number of rotatable bonds is 10. The first kappa shape index (κ1) is 33.3. The maximum absolute atomic E-state index is 13.9. The van der Waals surface area contributed by atoms with Gasteiger partial charge in [-0.25, -0.2) is 8.42 Å². The van der Waals surface area contributed by atoms with E-state index < -0.39 is 56.9 Å². The minimum atomic E-state index is -4.86. The Kier molecular flexibility index (Phi) is 11.2. The first-order valence-corrected chi connectivity index (χ1v) is 16.0. The lowest BCUT2D eigenvalue weighted by Gasteiger charge is -2.34. The van der Waals surface area contributed by atoms with E-state index in [4.69, 9.17) is 34.8 Å². The van der Waals surface area contributed by atoms with Crippen molar-refractivity contribution < 1.29 is 31.2 Å². The highest BCUT2D eigenvalue weighted by Gasteiger charge is 2.36. The van der Waals surface area contributed by atoms with Gasteiger partial charge >= 0.3 is 6.18 Å². The molecule has 2 aromatic rings. The zero-order chi connectivity index (χ0) is 30.5. The molecule has 0 unspecified atom stereocenters. The van der Waals surface area contributed by atoms with Gasteiger partial charge in [-0.05, 0) is 49.6 Å². The molecule has 3 rings (SSSR count). The number of nitrogens with zero attached hydrogens (tertiary/aromatic N) is 2. The second-order valence-electron chi connectivity index (χ2n) is 9.92. The minimum absolute atomic E-state index is 0.0615.